The van der Waals surface area contributed by atoms with Crippen LogP contribution in [-0.2, 0) is 9.59 Å². The number of carboxylic acid groups (broad SMARTS) is 1. The summed E-state index contributed by atoms with van der Waals surface area (Å²) in [5.41, 5.74) is 0.625. The van der Waals surface area contributed by atoms with Gasteiger partial charge in [-0.05, 0) is 6.92 Å². The monoisotopic (exact) mass is 295 g/mol. The number of hydrogen-bond donors (Lipinski definition) is 2. The van der Waals surface area contributed by atoms with Gasteiger partial charge in [0, 0.05) is 11.6 Å². The molecule has 0 aliphatic carbocycles. The standard InChI is InChI=1S/C14H17NO4S/c1-10(7-14(18)19)15-13(17)9-20-8-12(16)11-5-3-2-4-6-11/h2-6,10H,7-9H2,1H3,(H,15,17)(H,18,19). The third-order valence-electron chi connectivity index (χ3n) is 2.45. The molecule has 1 atom stereocenters. The highest BCUT2D eigenvalue weighted by atomic mass is 32.2. The molecular formula is C14H17NO4S. The molecular weight excluding hydrogens is 278 g/mol. The van der Waals surface area contributed by atoms with E-state index in [9.17, 15) is 14.4 Å². The van der Waals surface area contributed by atoms with Crippen molar-refractivity contribution in [2.24, 2.45) is 0 Å². The summed E-state index contributed by atoms with van der Waals surface area (Å²) in [6.45, 7) is 1.63. The predicted octanol–water partition coefficient (Wildman–Crippen LogP) is 1.58. The molecule has 1 amide bonds. The third kappa shape index (κ3) is 6.38. The Bertz CT molecular complexity index is 475. The average molecular weight is 295 g/mol. The quantitative estimate of drug-likeness (QED) is 0.711. The van der Waals surface area contributed by atoms with E-state index in [1.54, 1.807) is 31.2 Å². The third-order valence-corrected chi connectivity index (χ3v) is 3.38. The van der Waals surface area contributed by atoms with Gasteiger partial charge < -0.3 is 10.4 Å². The summed E-state index contributed by atoms with van der Waals surface area (Å²) in [6.07, 6.45) is -0.112. The van der Waals surface area contributed by atoms with Crippen LogP contribution < -0.4 is 5.32 Å². The number of aliphatic carboxylic acids is 1. The van der Waals surface area contributed by atoms with Gasteiger partial charge >= 0.3 is 5.97 Å². The lowest BCUT2D eigenvalue weighted by molar-refractivity contribution is -0.137. The number of hydrogen-bond acceptors (Lipinski definition) is 4. The lowest BCUT2D eigenvalue weighted by atomic mass is 10.2. The van der Waals surface area contributed by atoms with Crippen molar-refractivity contribution in [3.05, 3.63) is 35.9 Å². The minimum atomic E-state index is -0.954. The first-order valence-electron chi connectivity index (χ1n) is 6.16. The highest BCUT2D eigenvalue weighted by Gasteiger charge is 2.12. The molecule has 1 aromatic rings. The van der Waals surface area contributed by atoms with Crippen molar-refractivity contribution >= 4 is 29.4 Å². The zero-order valence-corrected chi connectivity index (χ0v) is 12.0. The number of ketones is 1. The molecule has 5 nitrogen and oxygen atoms in total. The van der Waals surface area contributed by atoms with E-state index in [1.165, 1.54) is 11.8 Å². The first-order valence-corrected chi connectivity index (χ1v) is 7.31. The molecule has 6 heteroatoms. The fourth-order valence-electron chi connectivity index (χ4n) is 1.57. The first kappa shape index (κ1) is 16.2. The van der Waals surface area contributed by atoms with Crippen molar-refractivity contribution in [2.75, 3.05) is 11.5 Å². The van der Waals surface area contributed by atoms with Gasteiger partial charge in [-0.15, -0.1) is 11.8 Å². The van der Waals surface area contributed by atoms with Crippen LogP contribution in [0.25, 0.3) is 0 Å². The molecule has 1 rings (SSSR count). The lowest BCUT2D eigenvalue weighted by Crippen LogP contribution is -2.35. The number of rotatable bonds is 8. The first-order chi connectivity index (χ1) is 9.49. The van der Waals surface area contributed by atoms with Gasteiger partial charge in [0.05, 0.1) is 17.9 Å². The molecule has 0 heterocycles. The highest BCUT2D eigenvalue weighted by Crippen LogP contribution is 2.07. The number of carbonyl (C=O) groups is 3. The largest absolute Gasteiger partial charge is 0.481 e. The molecule has 0 saturated heterocycles. The van der Waals surface area contributed by atoms with Gasteiger partial charge in [-0.25, -0.2) is 0 Å². The van der Waals surface area contributed by atoms with Gasteiger partial charge in [-0.2, -0.15) is 0 Å². The molecule has 0 aliphatic heterocycles. The maximum absolute atomic E-state index is 11.8. The van der Waals surface area contributed by atoms with Crippen LogP contribution in [0, 0.1) is 0 Å². The summed E-state index contributed by atoms with van der Waals surface area (Å²) in [7, 11) is 0. The van der Waals surface area contributed by atoms with E-state index in [4.69, 9.17) is 5.11 Å². The molecule has 1 unspecified atom stereocenters. The molecule has 0 bridgehead atoms. The van der Waals surface area contributed by atoms with E-state index in [0.29, 0.717) is 5.56 Å². The average Bonchev–Trinajstić information content (AvgIpc) is 2.38. The fraction of sp³-hybridized carbons (Fsp3) is 0.357. The Labute approximate surface area is 121 Å². The SMILES string of the molecule is CC(CC(=O)O)NC(=O)CSCC(=O)c1ccccc1. The summed E-state index contributed by atoms with van der Waals surface area (Å²) in [5, 5.41) is 11.1. The molecule has 0 aromatic heterocycles. The number of Topliss-reactive ketones (excluding diaryl/α,β-unsaturated/α-hetero) is 1. The Morgan fingerprint density at radius 3 is 2.45 bits per heavy atom. The second-order valence-corrected chi connectivity index (χ2v) is 5.33. The van der Waals surface area contributed by atoms with Gasteiger partial charge in [0.1, 0.15) is 0 Å². The molecule has 0 fully saturated rings. The zero-order valence-electron chi connectivity index (χ0n) is 11.2. The van der Waals surface area contributed by atoms with Crippen LogP contribution in [0.4, 0.5) is 0 Å². The van der Waals surface area contributed by atoms with Crippen molar-refractivity contribution in [1.29, 1.82) is 0 Å². The van der Waals surface area contributed by atoms with E-state index < -0.39 is 12.0 Å². The molecule has 108 valence electrons. The van der Waals surface area contributed by atoms with Crippen LogP contribution in [0.2, 0.25) is 0 Å². The van der Waals surface area contributed by atoms with E-state index in [1.807, 2.05) is 6.07 Å². The number of carbonyl (C=O) groups excluding carboxylic acids is 2. The smallest absolute Gasteiger partial charge is 0.305 e. The predicted molar refractivity (Wildman–Crippen MR) is 78.0 cm³/mol. The Morgan fingerprint density at radius 1 is 1.20 bits per heavy atom. The van der Waals surface area contributed by atoms with Crippen LogP contribution in [0.15, 0.2) is 30.3 Å². The van der Waals surface area contributed by atoms with E-state index >= 15 is 0 Å². The minimum absolute atomic E-state index is 0.0259. The number of benzene rings is 1. The molecule has 0 aliphatic rings. The summed E-state index contributed by atoms with van der Waals surface area (Å²) < 4.78 is 0. The topological polar surface area (TPSA) is 83.5 Å². The Hall–Kier alpha value is -1.82. The van der Waals surface area contributed by atoms with Crippen molar-refractivity contribution < 1.29 is 19.5 Å². The molecule has 20 heavy (non-hydrogen) atoms. The summed E-state index contributed by atoms with van der Waals surface area (Å²) >= 11 is 1.22. The van der Waals surface area contributed by atoms with E-state index in [2.05, 4.69) is 5.32 Å². The van der Waals surface area contributed by atoms with E-state index in [0.717, 1.165) is 0 Å². The second-order valence-electron chi connectivity index (χ2n) is 4.35. The Morgan fingerprint density at radius 2 is 1.85 bits per heavy atom. The Balaban J connectivity index is 2.25. The molecule has 2 N–H and O–H groups in total. The fourth-order valence-corrected chi connectivity index (χ4v) is 2.30. The second kappa shape index (κ2) is 8.37. The molecule has 1 aromatic carbocycles. The van der Waals surface area contributed by atoms with Crippen molar-refractivity contribution in [2.45, 2.75) is 19.4 Å². The summed E-state index contributed by atoms with van der Waals surface area (Å²) in [4.78, 5) is 33.7. The lowest BCUT2D eigenvalue weighted by Gasteiger charge is -2.11. The Kier molecular flexibility index (Phi) is 6.79. The zero-order chi connectivity index (χ0) is 15.0. The van der Waals surface area contributed by atoms with Gasteiger partial charge in [-0.1, -0.05) is 30.3 Å². The number of carboxylic acids is 1. The van der Waals surface area contributed by atoms with Gasteiger partial charge in [-0.3, -0.25) is 14.4 Å². The highest BCUT2D eigenvalue weighted by molar-refractivity contribution is 8.00. The maximum Gasteiger partial charge on any atom is 0.305 e. The van der Waals surface area contributed by atoms with Crippen molar-refractivity contribution in [1.82, 2.24) is 5.32 Å². The van der Waals surface area contributed by atoms with Crippen LogP contribution in [0.5, 0.6) is 0 Å². The van der Waals surface area contributed by atoms with Crippen molar-refractivity contribution in [3.8, 4) is 0 Å². The van der Waals surface area contributed by atoms with Gasteiger partial charge in [0.2, 0.25) is 5.91 Å². The molecule has 0 spiro atoms. The van der Waals surface area contributed by atoms with Gasteiger partial charge in [0.25, 0.3) is 0 Å². The van der Waals surface area contributed by atoms with E-state index in [-0.39, 0.29) is 29.6 Å². The van der Waals surface area contributed by atoms with Crippen LogP contribution >= 0.6 is 11.8 Å². The maximum atomic E-state index is 11.8. The molecule has 0 radical (unpaired) electrons. The molecule has 0 saturated carbocycles. The minimum Gasteiger partial charge on any atom is -0.481 e. The number of nitrogens with one attached hydrogen (secondary N) is 1. The summed E-state index contributed by atoms with van der Waals surface area (Å²) in [6, 6.07) is 8.47. The van der Waals surface area contributed by atoms with Gasteiger partial charge in [0.15, 0.2) is 5.78 Å². The van der Waals surface area contributed by atoms with Crippen LogP contribution in [0.3, 0.4) is 0 Å². The normalized spacial score (nSPS) is 11.7. The summed E-state index contributed by atoms with van der Waals surface area (Å²) in [5.74, 6) is -0.871. The number of amides is 1. The van der Waals surface area contributed by atoms with Crippen LogP contribution in [0.1, 0.15) is 23.7 Å². The number of thioether (sulfide) groups is 1. The van der Waals surface area contributed by atoms with Crippen molar-refractivity contribution in [3.63, 3.8) is 0 Å². The van der Waals surface area contributed by atoms with Crippen LogP contribution in [-0.4, -0.2) is 40.3 Å².